The number of likely N-dealkylation sites (N-methyl/N-ethyl adjacent to an activating group) is 1. The maximum atomic E-state index is 5.82. The molecule has 4 N–H and O–H groups in total. The predicted molar refractivity (Wildman–Crippen MR) is 70.7 cm³/mol. The quantitative estimate of drug-likeness (QED) is 0.762. The van der Waals surface area contributed by atoms with Crippen molar-refractivity contribution in [1.82, 2.24) is 0 Å². The van der Waals surface area contributed by atoms with Crippen LogP contribution in [0, 0.1) is 0 Å². The summed E-state index contributed by atoms with van der Waals surface area (Å²) in [5.41, 5.74) is 13.9. The molecule has 0 aliphatic carbocycles. The summed E-state index contributed by atoms with van der Waals surface area (Å²) >= 11 is 0. The van der Waals surface area contributed by atoms with E-state index < -0.39 is 0 Å². The average Bonchev–Trinajstić information content (AvgIpc) is 2.30. The van der Waals surface area contributed by atoms with Gasteiger partial charge in [-0.05, 0) is 24.1 Å². The number of aryl methyl sites for hydroxylation is 1. The minimum Gasteiger partial charge on any atom is -0.373 e. The average molecular weight is 221 g/mol. The molecule has 0 saturated carbocycles. The van der Waals surface area contributed by atoms with E-state index in [2.05, 4.69) is 36.1 Å². The minimum absolute atomic E-state index is 0.0420. The largest absolute Gasteiger partial charge is 0.373 e. The fourth-order valence-corrected chi connectivity index (χ4v) is 1.74. The number of benzene rings is 1. The van der Waals surface area contributed by atoms with E-state index in [9.17, 15) is 0 Å². The molecule has 1 rings (SSSR count). The van der Waals surface area contributed by atoms with Crippen molar-refractivity contribution in [2.24, 2.45) is 11.5 Å². The summed E-state index contributed by atoms with van der Waals surface area (Å²) in [5.74, 6) is 0. The molecule has 1 aromatic rings. The van der Waals surface area contributed by atoms with E-state index in [1.54, 1.807) is 0 Å². The number of hydrogen-bond acceptors (Lipinski definition) is 3. The van der Waals surface area contributed by atoms with E-state index >= 15 is 0 Å². The summed E-state index contributed by atoms with van der Waals surface area (Å²) in [5, 5.41) is 0. The van der Waals surface area contributed by atoms with Gasteiger partial charge in [0.1, 0.15) is 0 Å². The second-order valence-electron chi connectivity index (χ2n) is 4.29. The highest BCUT2D eigenvalue weighted by molar-refractivity contribution is 5.47. The zero-order valence-corrected chi connectivity index (χ0v) is 10.3. The molecule has 90 valence electrons. The summed E-state index contributed by atoms with van der Waals surface area (Å²) in [6.45, 7) is 3.52. The highest BCUT2D eigenvalue weighted by atomic mass is 15.1. The molecule has 0 amide bonds. The van der Waals surface area contributed by atoms with Crippen molar-refractivity contribution < 1.29 is 0 Å². The number of nitrogens with two attached hydrogens (primary N) is 2. The van der Waals surface area contributed by atoms with Gasteiger partial charge in [0.15, 0.2) is 0 Å². The molecular formula is C13H23N3. The highest BCUT2D eigenvalue weighted by Gasteiger charge is 2.05. The van der Waals surface area contributed by atoms with Crippen LogP contribution in [0.1, 0.15) is 18.9 Å². The third kappa shape index (κ3) is 3.83. The van der Waals surface area contributed by atoms with E-state index in [1.165, 1.54) is 17.7 Å². The first-order valence-electron chi connectivity index (χ1n) is 5.93. The Balaban J connectivity index is 2.59. The lowest BCUT2D eigenvalue weighted by molar-refractivity contribution is 0.668. The molecule has 0 saturated heterocycles. The third-order valence-corrected chi connectivity index (χ3v) is 2.73. The molecule has 0 fully saturated rings. The van der Waals surface area contributed by atoms with Crippen LogP contribution in [0.4, 0.5) is 5.69 Å². The molecule has 3 nitrogen and oxygen atoms in total. The normalized spacial score (nSPS) is 12.5. The molecule has 0 aliphatic rings. The van der Waals surface area contributed by atoms with Crippen molar-refractivity contribution in [2.45, 2.75) is 25.8 Å². The van der Waals surface area contributed by atoms with Gasteiger partial charge in [0.05, 0.1) is 0 Å². The van der Waals surface area contributed by atoms with Crippen LogP contribution in [0.2, 0.25) is 0 Å². The van der Waals surface area contributed by atoms with Crippen LogP contribution in [-0.4, -0.2) is 26.2 Å². The van der Waals surface area contributed by atoms with Crippen LogP contribution < -0.4 is 16.4 Å². The van der Waals surface area contributed by atoms with Crippen LogP contribution in [0.25, 0.3) is 0 Å². The lowest BCUT2D eigenvalue weighted by atomic mass is 10.1. The van der Waals surface area contributed by atoms with E-state index in [1.807, 2.05) is 7.05 Å². The summed E-state index contributed by atoms with van der Waals surface area (Å²) in [6, 6.07) is 8.70. The predicted octanol–water partition coefficient (Wildman–Crippen LogP) is 1.36. The molecule has 0 aliphatic heterocycles. The lowest BCUT2D eigenvalue weighted by Crippen LogP contribution is -2.40. The Bertz CT molecular complexity index is 295. The second kappa shape index (κ2) is 6.51. The number of rotatable bonds is 6. The second-order valence-corrected chi connectivity index (χ2v) is 4.29. The molecule has 0 spiro atoms. The maximum Gasteiger partial charge on any atom is 0.0364 e. The summed E-state index contributed by atoms with van der Waals surface area (Å²) in [7, 11) is 2.05. The van der Waals surface area contributed by atoms with Crippen LogP contribution in [0.3, 0.4) is 0 Å². The van der Waals surface area contributed by atoms with Gasteiger partial charge in [0.25, 0.3) is 0 Å². The van der Waals surface area contributed by atoms with Crippen LogP contribution in [-0.2, 0) is 6.42 Å². The molecule has 0 radical (unpaired) electrons. The van der Waals surface area contributed by atoms with Gasteiger partial charge in [0, 0.05) is 31.9 Å². The zero-order valence-electron chi connectivity index (χ0n) is 10.3. The number of nitrogens with zero attached hydrogens (tertiary/aromatic N) is 1. The summed E-state index contributed by atoms with van der Waals surface area (Å²) in [4.78, 5) is 2.15. The van der Waals surface area contributed by atoms with Crippen molar-refractivity contribution in [3.05, 3.63) is 29.8 Å². The first kappa shape index (κ1) is 13.0. The standard InChI is InChI=1S/C13H23N3/c1-3-4-11-5-7-13(8-6-11)16(2)10-12(15)9-14/h5-8,12H,3-4,9-10,14-15H2,1-2H3. The monoisotopic (exact) mass is 221 g/mol. The Morgan fingerprint density at radius 1 is 1.25 bits per heavy atom. The Hall–Kier alpha value is -1.06. The SMILES string of the molecule is CCCc1ccc(N(C)CC(N)CN)cc1. The van der Waals surface area contributed by atoms with Crippen molar-refractivity contribution in [2.75, 3.05) is 25.0 Å². The van der Waals surface area contributed by atoms with E-state index in [-0.39, 0.29) is 6.04 Å². The first-order valence-corrected chi connectivity index (χ1v) is 5.93. The van der Waals surface area contributed by atoms with Gasteiger partial charge in [-0.25, -0.2) is 0 Å². The van der Waals surface area contributed by atoms with Gasteiger partial charge in [0.2, 0.25) is 0 Å². The van der Waals surface area contributed by atoms with Crippen molar-refractivity contribution in [1.29, 1.82) is 0 Å². The maximum absolute atomic E-state index is 5.82. The Morgan fingerprint density at radius 3 is 2.38 bits per heavy atom. The first-order chi connectivity index (χ1) is 7.67. The molecule has 3 heteroatoms. The van der Waals surface area contributed by atoms with Crippen molar-refractivity contribution in [3.63, 3.8) is 0 Å². The Morgan fingerprint density at radius 2 is 1.88 bits per heavy atom. The molecular weight excluding hydrogens is 198 g/mol. The molecule has 1 unspecified atom stereocenters. The molecule has 1 atom stereocenters. The van der Waals surface area contributed by atoms with E-state index in [0.29, 0.717) is 6.54 Å². The summed E-state index contributed by atoms with van der Waals surface area (Å²) in [6.07, 6.45) is 2.33. The van der Waals surface area contributed by atoms with Crippen LogP contribution >= 0.6 is 0 Å². The van der Waals surface area contributed by atoms with Gasteiger partial charge in [-0.15, -0.1) is 0 Å². The number of hydrogen-bond donors (Lipinski definition) is 2. The summed E-state index contributed by atoms with van der Waals surface area (Å²) < 4.78 is 0. The lowest BCUT2D eigenvalue weighted by Gasteiger charge is -2.22. The van der Waals surface area contributed by atoms with E-state index in [0.717, 1.165) is 13.0 Å². The van der Waals surface area contributed by atoms with E-state index in [4.69, 9.17) is 11.5 Å². The molecule has 0 aromatic heterocycles. The minimum atomic E-state index is 0.0420. The fourth-order valence-electron chi connectivity index (χ4n) is 1.74. The van der Waals surface area contributed by atoms with Gasteiger partial charge < -0.3 is 16.4 Å². The molecule has 0 bridgehead atoms. The van der Waals surface area contributed by atoms with Crippen LogP contribution in [0.5, 0.6) is 0 Å². The van der Waals surface area contributed by atoms with Crippen molar-refractivity contribution in [3.8, 4) is 0 Å². The molecule has 16 heavy (non-hydrogen) atoms. The van der Waals surface area contributed by atoms with Crippen LogP contribution in [0.15, 0.2) is 24.3 Å². The van der Waals surface area contributed by atoms with Crippen molar-refractivity contribution >= 4 is 5.69 Å². The molecule has 1 aromatic carbocycles. The van der Waals surface area contributed by atoms with Gasteiger partial charge in [-0.2, -0.15) is 0 Å². The highest BCUT2D eigenvalue weighted by Crippen LogP contribution is 2.14. The smallest absolute Gasteiger partial charge is 0.0364 e. The van der Waals surface area contributed by atoms with Gasteiger partial charge >= 0.3 is 0 Å². The Labute approximate surface area is 98.4 Å². The van der Waals surface area contributed by atoms with Gasteiger partial charge in [-0.3, -0.25) is 0 Å². The number of anilines is 1. The topological polar surface area (TPSA) is 55.3 Å². The Kier molecular flexibility index (Phi) is 5.29. The van der Waals surface area contributed by atoms with Gasteiger partial charge in [-0.1, -0.05) is 25.5 Å². The zero-order chi connectivity index (χ0) is 12.0. The fraction of sp³-hybridized carbons (Fsp3) is 0.538. The molecule has 0 heterocycles. The third-order valence-electron chi connectivity index (χ3n) is 2.73.